The summed E-state index contributed by atoms with van der Waals surface area (Å²) in [6.07, 6.45) is 0.857. The summed E-state index contributed by atoms with van der Waals surface area (Å²) in [5, 5.41) is 2.78. The van der Waals surface area contributed by atoms with Gasteiger partial charge in [-0.25, -0.2) is 0 Å². The van der Waals surface area contributed by atoms with E-state index in [1.54, 1.807) is 4.90 Å². The molecular weight excluding hydrogens is 284 g/mol. The first-order valence-electron chi connectivity index (χ1n) is 6.33. The molecule has 4 nitrogen and oxygen atoms in total. The molecule has 1 aromatic heterocycles. The van der Waals surface area contributed by atoms with Gasteiger partial charge in [-0.15, -0.1) is 11.3 Å². The highest BCUT2D eigenvalue weighted by Crippen LogP contribution is 2.24. The average Bonchev–Trinajstić information content (AvgIpc) is 2.78. The second-order valence-corrected chi connectivity index (χ2v) is 6.63. The van der Waals surface area contributed by atoms with Crippen molar-refractivity contribution in [3.63, 3.8) is 0 Å². The van der Waals surface area contributed by atoms with Gasteiger partial charge in [0.2, 0.25) is 11.8 Å². The average molecular weight is 301 g/mol. The van der Waals surface area contributed by atoms with E-state index in [0.29, 0.717) is 10.9 Å². The molecule has 6 heteroatoms. The molecule has 0 aromatic carbocycles. The number of nitrogens with zero attached hydrogens (tertiary/aromatic N) is 1. The van der Waals surface area contributed by atoms with Crippen LogP contribution in [-0.2, 0) is 16.1 Å². The van der Waals surface area contributed by atoms with Gasteiger partial charge in [0.1, 0.15) is 6.04 Å². The number of rotatable bonds is 4. The fourth-order valence-corrected chi connectivity index (χ4v) is 3.21. The second kappa shape index (κ2) is 5.92. The van der Waals surface area contributed by atoms with Crippen LogP contribution in [0, 0.1) is 5.92 Å². The van der Waals surface area contributed by atoms with E-state index in [4.69, 9.17) is 11.6 Å². The Morgan fingerprint density at radius 1 is 1.53 bits per heavy atom. The van der Waals surface area contributed by atoms with E-state index in [1.165, 1.54) is 11.3 Å². The lowest BCUT2D eigenvalue weighted by molar-refractivity contribution is -0.146. The maximum Gasteiger partial charge on any atom is 0.246 e. The normalized spacial score (nSPS) is 21.4. The molecule has 1 fully saturated rings. The van der Waals surface area contributed by atoms with E-state index >= 15 is 0 Å². The monoisotopic (exact) mass is 300 g/mol. The van der Waals surface area contributed by atoms with Crippen LogP contribution in [0.2, 0.25) is 4.34 Å². The summed E-state index contributed by atoms with van der Waals surface area (Å²) in [7, 11) is 0. The zero-order valence-electron chi connectivity index (χ0n) is 11.0. The molecule has 0 spiro atoms. The lowest BCUT2D eigenvalue weighted by atomic mass is 9.96. The fraction of sp³-hybridized carbons (Fsp3) is 0.538. The number of hydrogen-bond acceptors (Lipinski definition) is 3. The molecule has 1 saturated heterocycles. The van der Waals surface area contributed by atoms with Crippen molar-refractivity contribution in [3.05, 3.63) is 21.3 Å². The van der Waals surface area contributed by atoms with Crippen molar-refractivity contribution in [3.8, 4) is 0 Å². The van der Waals surface area contributed by atoms with Gasteiger partial charge < -0.3 is 10.2 Å². The van der Waals surface area contributed by atoms with Crippen LogP contribution in [0.5, 0.6) is 0 Å². The molecule has 2 atom stereocenters. The Hall–Kier alpha value is -1.07. The van der Waals surface area contributed by atoms with E-state index in [2.05, 4.69) is 5.32 Å². The minimum atomic E-state index is -0.401. The molecule has 2 unspecified atom stereocenters. The molecule has 0 bridgehead atoms. The summed E-state index contributed by atoms with van der Waals surface area (Å²) < 4.78 is 0.697. The van der Waals surface area contributed by atoms with Gasteiger partial charge in [-0.05, 0) is 18.1 Å². The lowest BCUT2D eigenvalue weighted by Crippen LogP contribution is -2.59. The van der Waals surface area contributed by atoms with Crippen molar-refractivity contribution >= 4 is 34.8 Å². The molecule has 0 saturated carbocycles. The Balaban J connectivity index is 2.11. The van der Waals surface area contributed by atoms with Gasteiger partial charge in [0.15, 0.2) is 0 Å². The minimum absolute atomic E-state index is 0.00141. The molecule has 104 valence electrons. The molecule has 0 radical (unpaired) electrons. The van der Waals surface area contributed by atoms with Gasteiger partial charge in [0.05, 0.1) is 17.4 Å². The largest absolute Gasteiger partial charge is 0.342 e. The summed E-state index contributed by atoms with van der Waals surface area (Å²) in [5.74, 6) is 0.0530. The number of thiophene rings is 1. The van der Waals surface area contributed by atoms with Crippen LogP contribution in [0.1, 0.15) is 25.1 Å². The third-order valence-corrected chi connectivity index (χ3v) is 4.63. The highest BCUT2D eigenvalue weighted by molar-refractivity contribution is 7.16. The van der Waals surface area contributed by atoms with E-state index in [0.717, 1.165) is 11.3 Å². The van der Waals surface area contributed by atoms with Crippen molar-refractivity contribution in [1.29, 1.82) is 0 Å². The number of halogens is 1. The Labute approximate surface area is 121 Å². The van der Waals surface area contributed by atoms with Crippen LogP contribution in [0.4, 0.5) is 0 Å². The number of nitrogens with one attached hydrogen (secondary N) is 1. The summed E-state index contributed by atoms with van der Waals surface area (Å²) in [6.45, 7) is 4.58. The maximum absolute atomic E-state index is 12.4. The van der Waals surface area contributed by atoms with Gasteiger partial charge in [-0.2, -0.15) is 0 Å². The van der Waals surface area contributed by atoms with Crippen molar-refractivity contribution in [2.75, 3.05) is 6.54 Å². The van der Waals surface area contributed by atoms with Crippen LogP contribution in [0.25, 0.3) is 0 Å². The molecule has 1 aromatic rings. The third kappa shape index (κ3) is 3.28. The quantitative estimate of drug-likeness (QED) is 0.927. The van der Waals surface area contributed by atoms with Crippen LogP contribution in [-0.4, -0.2) is 29.3 Å². The Morgan fingerprint density at radius 2 is 2.26 bits per heavy atom. The lowest BCUT2D eigenvalue weighted by Gasteiger charge is -2.34. The SMILES string of the molecule is CCC(C)C1NC(=O)CN(Cc2ccc(Cl)s2)C1=O. The molecular formula is C13H17ClN2O2S. The second-order valence-electron chi connectivity index (χ2n) is 4.83. The number of hydrogen-bond donors (Lipinski definition) is 1. The predicted octanol–water partition coefficient (Wildman–Crippen LogP) is 2.27. The van der Waals surface area contributed by atoms with Gasteiger partial charge >= 0.3 is 0 Å². The standard InChI is InChI=1S/C13H17ClN2O2S/c1-3-8(2)12-13(18)16(7-11(17)15-12)6-9-4-5-10(14)19-9/h4-5,8,12H,3,6-7H2,1-2H3,(H,15,17). The molecule has 0 aliphatic carbocycles. The molecule has 1 aliphatic rings. The van der Waals surface area contributed by atoms with Crippen LogP contribution in [0.3, 0.4) is 0 Å². The first kappa shape index (κ1) is 14.3. The summed E-state index contributed by atoms with van der Waals surface area (Å²) in [4.78, 5) is 26.7. The highest BCUT2D eigenvalue weighted by Gasteiger charge is 2.35. The van der Waals surface area contributed by atoms with Crippen molar-refractivity contribution in [2.24, 2.45) is 5.92 Å². The summed E-state index contributed by atoms with van der Waals surface area (Å²) in [6, 6.07) is 3.30. The molecule has 2 rings (SSSR count). The van der Waals surface area contributed by atoms with Gasteiger partial charge in [0, 0.05) is 4.88 Å². The smallest absolute Gasteiger partial charge is 0.246 e. The van der Waals surface area contributed by atoms with Crippen LogP contribution < -0.4 is 5.32 Å². The van der Waals surface area contributed by atoms with Crippen LogP contribution >= 0.6 is 22.9 Å². The summed E-state index contributed by atoms with van der Waals surface area (Å²) in [5.41, 5.74) is 0. The predicted molar refractivity (Wildman–Crippen MR) is 76.1 cm³/mol. The molecule has 2 amide bonds. The number of carbonyl (C=O) groups excluding carboxylic acids is 2. The van der Waals surface area contributed by atoms with Crippen LogP contribution in [0.15, 0.2) is 12.1 Å². The van der Waals surface area contributed by atoms with Gasteiger partial charge in [-0.1, -0.05) is 31.9 Å². The number of carbonyl (C=O) groups is 2. The van der Waals surface area contributed by atoms with Gasteiger partial charge in [0.25, 0.3) is 0 Å². The Kier molecular flexibility index (Phi) is 4.47. The molecule has 2 heterocycles. The number of amides is 2. The molecule has 1 N–H and O–H groups in total. The van der Waals surface area contributed by atoms with E-state index in [9.17, 15) is 9.59 Å². The first-order chi connectivity index (χ1) is 9.01. The zero-order valence-corrected chi connectivity index (χ0v) is 12.6. The third-order valence-electron chi connectivity index (χ3n) is 3.42. The fourth-order valence-electron chi connectivity index (χ4n) is 2.11. The van der Waals surface area contributed by atoms with E-state index < -0.39 is 6.04 Å². The maximum atomic E-state index is 12.4. The minimum Gasteiger partial charge on any atom is -0.342 e. The van der Waals surface area contributed by atoms with E-state index in [1.807, 2.05) is 26.0 Å². The van der Waals surface area contributed by atoms with Gasteiger partial charge in [-0.3, -0.25) is 9.59 Å². The summed E-state index contributed by atoms with van der Waals surface area (Å²) >= 11 is 7.32. The Bertz CT molecular complexity index is 489. The Morgan fingerprint density at radius 3 is 2.84 bits per heavy atom. The first-order valence-corrected chi connectivity index (χ1v) is 7.53. The van der Waals surface area contributed by atoms with Crippen molar-refractivity contribution in [2.45, 2.75) is 32.9 Å². The van der Waals surface area contributed by atoms with Crippen molar-refractivity contribution in [1.82, 2.24) is 10.2 Å². The number of piperazine rings is 1. The van der Waals surface area contributed by atoms with Crippen molar-refractivity contribution < 1.29 is 9.59 Å². The molecule has 19 heavy (non-hydrogen) atoms. The zero-order chi connectivity index (χ0) is 14.0. The topological polar surface area (TPSA) is 49.4 Å². The van der Waals surface area contributed by atoms with E-state index in [-0.39, 0.29) is 24.3 Å². The molecule has 1 aliphatic heterocycles. The highest BCUT2D eigenvalue weighted by atomic mass is 35.5.